The van der Waals surface area contributed by atoms with Crippen LogP contribution in [0.1, 0.15) is 23.2 Å². The van der Waals surface area contributed by atoms with Crippen LogP contribution < -0.4 is 10.2 Å². The summed E-state index contributed by atoms with van der Waals surface area (Å²) in [6.45, 7) is 0.365. The number of carboxylic acid groups (broad SMARTS) is 1. The van der Waals surface area contributed by atoms with Crippen LogP contribution in [0.25, 0.3) is 0 Å². The number of aromatic carboxylic acids is 1. The third kappa shape index (κ3) is 5.16. The summed E-state index contributed by atoms with van der Waals surface area (Å²) in [6, 6.07) is 5.52. The first-order chi connectivity index (χ1) is 10.1. The van der Waals surface area contributed by atoms with Crippen molar-refractivity contribution in [2.45, 2.75) is 12.8 Å². The van der Waals surface area contributed by atoms with Gasteiger partial charge in [-0.15, -0.1) is 12.3 Å². The molecule has 0 saturated heterocycles. The number of terminal acetylenes is 1. The zero-order valence-electron chi connectivity index (χ0n) is 11.6. The Morgan fingerprint density at radius 3 is 2.48 bits per heavy atom. The summed E-state index contributed by atoms with van der Waals surface area (Å²) < 4.78 is 0. The molecule has 2 amide bonds. The smallest absolute Gasteiger partial charge is 0.335 e. The van der Waals surface area contributed by atoms with Gasteiger partial charge in [-0.2, -0.15) is 0 Å². The monoisotopic (exact) mass is 290 g/mol. The zero-order chi connectivity index (χ0) is 15.7. The fourth-order valence-corrected chi connectivity index (χ4v) is 1.71. The third-order valence-electron chi connectivity index (χ3n) is 2.77. The topological polar surface area (TPSA) is 89.9 Å². The van der Waals surface area contributed by atoms with E-state index in [9.17, 15) is 9.59 Å². The minimum absolute atomic E-state index is 0.118. The van der Waals surface area contributed by atoms with Gasteiger partial charge in [0.25, 0.3) is 0 Å². The van der Waals surface area contributed by atoms with Crippen molar-refractivity contribution in [3.8, 4) is 12.3 Å². The lowest BCUT2D eigenvalue weighted by atomic mass is 10.2. The molecule has 6 nitrogen and oxygen atoms in total. The SMILES string of the molecule is C#CCCCNC(=O)N(CCO)c1ccc(C(=O)O)cc1. The van der Waals surface area contributed by atoms with Gasteiger partial charge in [0.05, 0.1) is 18.7 Å². The van der Waals surface area contributed by atoms with E-state index in [-0.39, 0.29) is 24.7 Å². The van der Waals surface area contributed by atoms with Crippen LogP contribution in [0.15, 0.2) is 24.3 Å². The summed E-state index contributed by atoms with van der Waals surface area (Å²) in [5.41, 5.74) is 0.653. The Hall–Kier alpha value is -2.52. The van der Waals surface area contributed by atoms with E-state index in [1.165, 1.54) is 29.2 Å². The van der Waals surface area contributed by atoms with E-state index in [4.69, 9.17) is 16.6 Å². The number of aliphatic hydroxyl groups is 1. The van der Waals surface area contributed by atoms with E-state index in [0.29, 0.717) is 25.1 Å². The number of benzene rings is 1. The standard InChI is InChI=1S/C15H18N2O4/c1-2-3-4-9-16-15(21)17(10-11-18)13-7-5-12(6-8-13)14(19)20/h1,5-8,18H,3-4,9-11H2,(H,16,21)(H,19,20). The molecule has 0 heterocycles. The van der Waals surface area contributed by atoms with Crippen molar-refractivity contribution < 1.29 is 19.8 Å². The highest BCUT2D eigenvalue weighted by Crippen LogP contribution is 2.15. The van der Waals surface area contributed by atoms with Crippen molar-refractivity contribution in [2.24, 2.45) is 0 Å². The second-order valence-corrected chi connectivity index (χ2v) is 4.27. The molecule has 0 aliphatic carbocycles. The Balaban J connectivity index is 2.73. The molecule has 3 N–H and O–H groups in total. The second-order valence-electron chi connectivity index (χ2n) is 4.27. The number of nitrogens with zero attached hydrogens (tertiary/aromatic N) is 1. The molecule has 0 aromatic heterocycles. The van der Waals surface area contributed by atoms with Crippen LogP contribution in [0.2, 0.25) is 0 Å². The number of aliphatic hydroxyl groups excluding tert-OH is 1. The Kier molecular flexibility index (Phi) is 6.78. The number of hydrogen-bond donors (Lipinski definition) is 3. The van der Waals surface area contributed by atoms with Crippen LogP contribution in [0.5, 0.6) is 0 Å². The van der Waals surface area contributed by atoms with Crippen LogP contribution in [-0.2, 0) is 0 Å². The van der Waals surface area contributed by atoms with Crippen LogP contribution in [-0.4, -0.2) is 41.9 Å². The van der Waals surface area contributed by atoms with Gasteiger partial charge >= 0.3 is 12.0 Å². The number of rotatable bonds is 7. The number of carboxylic acids is 1. The number of amides is 2. The summed E-state index contributed by atoms with van der Waals surface area (Å²) >= 11 is 0. The van der Waals surface area contributed by atoms with Crippen molar-refractivity contribution >= 4 is 17.7 Å². The summed E-state index contributed by atoms with van der Waals surface area (Å²) in [6.07, 6.45) is 6.38. The van der Waals surface area contributed by atoms with Gasteiger partial charge in [-0.1, -0.05) is 0 Å². The Labute approximate surface area is 123 Å². The first kappa shape index (κ1) is 16.5. The summed E-state index contributed by atoms with van der Waals surface area (Å²) in [7, 11) is 0. The van der Waals surface area contributed by atoms with Gasteiger partial charge < -0.3 is 15.5 Å². The normalized spacial score (nSPS) is 9.71. The molecule has 0 spiro atoms. The Bertz CT molecular complexity index is 519. The molecule has 0 saturated carbocycles. The molecule has 21 heavy (non-hydrogen) atoms. The van der Waals surface area contributed by atoms with Gasteiger partial charge in [0.1, 0.15) is 0 Å². The molecule has 1 rings (SSSR count). The number of anilines is 1. The van der Waals surface area contributed by atoms with E-state index in [0.717, 1.165) is 0 Å². The average Bonchev–Trinajstić information content (AvgIpc) is 2.49. The van der Waals surface area contributed by atoms with Crippen LogP contribution >= 0.6 is 0 Å². The van der Waals surface area contributed by atoms with Crippen molar-refractivity contribution in [3.63, 3.8) is 0 Å². The molecule has 0 fully saturated rings. The molecule has 0 unspecified atom stereocenters. The molecular formula is C15H18N2O4. The van der Waals surface area contributed by atoms with Gasteiger partial charge in [0, 0.05) is 18.7 Å². The van der Waals surface area contributed by atoms with Crippen molar-refractivity contribution in [2.75, 3.05) is 24.6 Å². The molecule has 0 radical (unpaired) electrons. The predicted octanol–water partition coefficient (Wildman–Crippen LogP) is 1.31. The number of urea groups is 1. The van der Waals surface area contributed by atoms with Gasteiger partial charge in [-0.25, -0.2) is 9.59 Å². The molecular weight excluding hydrogens is 272 g/mol. The quantitative estimate of drug-likeness (QED) is 0.521. The van der Waals surface area contributed by atoms with Crippen LogP contribution in [0.3, 0.4) is 0 Å². The maximum absolute atomic E-state index is 12.1. The lowest BCUT2D eigenvalue weighted by Gasteiger charge is -2.22. The molecule has 0 aliphatic heterocycles. The van der Waals surface area contributed by atoms with Crippen molar-refractivity contribution in [1.82, 2.24) is 5.32 Å². The minimum atomic E-state index is -1.03. The van der Waals surface area contributed by atoms with E-state index < -0.39 is 5.97 Å². The number of nitrogens with one attached hydrogen (secondary N) is 1. The van der Waals surface area contributed by atoms with E-state index in [1.807, 2.05) is 0 Å². The first-order valence-corrected chi connectivity index (χ1v) is 6.53. The highest BCUT2D eigenvalue weighted by molar-refractivity contribution is 5.93. The minimum Gasteiger partial charge on any atom is -0.478 e. The average molecular weight is 290 g/mol. The van der Waals surface area contributed by atoms with Gasteiger partial charge in [0.2, 0.25) is 0 Å². The van der Waals surface area contributed by atoms with Gasteiger partial charge in [0.15, 0.2) is 0 Å². The van der Waals surface area contributed by atoms with E-state index >= 15 is 0 Å². The summed E-state index contributed by atoms with van der Waals surface area (Å²) in [4.78, 5) is 24.2. The van der Waals surface area contributed by atoms with Gasteiger partial charge in [-0.05, 0) is 30.7 Å². The fraction of sp³-hybridized carbons (Fsp3) is 0.333. The van der Waals surface area contributed by atoms with E-state index in [2.05, 4.69) is 11.2 Å². The maximum atomic E-state index is 12.1. The molecule has 0 aliphatic rings. The Morgan fingerprint density at radius 1 is 1.29 bits per heavy atom. The van der Waals surface area contributed by atoms with Crippen molar-refractivity contribution in [1.29, 1.82) is 0 Å². The molecule has 1 aromatic rings. The lowest BCUT2D eigenvalue weighted by molar-refractivity contribution is 0.0697. The molecule has 0 bridgehead atoms. The van der Waals surface area contributed by atoms with Crippen molar-refractivity contribution in [3.05, 3.63) is 29.8 Å². The highest BCUT2D eigenvalue weighted by atomic mass is 16.4. The molecule has 112 valence electrons. The highest BCUT2D eigenvalue weighted by Gasteiger charge is 2.15. The lowest BCUT2D eigenvalue weighted by Crippen LogP contribution is -2.42. The number of hydrogen-bond acceptors (Lipinski definition) is 3. The van der Waals surface area contributed by atoms with Crippen LogP contribution in [0, 0.1) is 12.3 Å². The van der Waals surface area contributed by atoms with Crippen LogP contribution in [0.4, 0.5) is 10.5 Å². The van der Waals surface area contributed by atoms with E-state index in [1.54, 1.807) is 0 Å². The predicted molar refractivity (Wildman–Crippen MR) is 79.3 cm³/mol. The largest absolute Gasteiger partial charge is 0.478 e. The Morgan fingerprint density at radius 2 is 1.95 bits per heavy atom. The summed E-state index contributed by atoms with van der Waals surface area (Å²) in [5.74, 6) is 1.45. The second kappa shape index (κ2) is 8.61. The number of carbonyl (C=O) groups is 2. The molecule has 1 aromatic carbocycles. The number of unbranched alkanes of at least 4 members (excludes halogenated alkanes) is 1. The molecule has 0 atom stereocenters. The maximum Gasteiger partial charge on any atom is 0.335 e. The number of carbonyl (C=O) groups excluding carboxylic acids is 1. The molecule has 6 heteroatoms. The fourth-order valence-electron chi connectivity index (χ4n) is 1.71. The third-order valence-corrected chi connectivity index (χ3v) is 2.77. The summed E-state index contributed by atoms with van der Waals surface area (Å²) in [5, 5.41) is 20.6. The van der Waals surface area contributed by atoms with Gasteiger partial charge in [-0.3, -0.25) is 4.90 Å². The zero-order valence-corrected chi connectivity index (χ0v) is 11.6. The first-order valence-electron chi connectivity index (χ1n) is 6.53.